The lowest BCUT2D eigenvalue weighted by Crippen LogP contribution is -2.70. The molecule has 5 nitrogen and oxygen atoms in total. The van der Waals surface area contributed by atoms with Crippen molar-refractivity contribution in [1.82, 2.24) is 0 Å². The third-order valence-electron chi connectivity index (χ3n) is 8.98. The van der Waals surface area contributed by atoms with E-state index in [-0.39, 0.29) is 29.8 Å². The van der Waals surface area contributed by atoms with Crippen LogP contribution < -0.4 is 0 Å². The number of hydrogen-bond acceptors (Lipinski definition) is 5. The largest absolute Gasteiger partial charge is 0.451 e. The van der Waals surface area contributed by atoms with Gasteiger partial charge in [-0.05, 0) is 63.5 Å². The molecule has 3 saturated carbocycles. The van der Waals surface area contributed by atoms with Crippen LogP contribution in [0.15, 0.2) is 23.8 Å². The number of carbonyl (C=O) groups is 3. The standard InChI is InChI=1S/C24H31FO5/c1-13-10-19-17-7-9-23(14(2)26,30-15(3)27)22(17,5)12-20(29)24(19,25)21(4)8-6-16(28)11-18(13)21/h6,8,11,13,17,19-20,29H,7,9-10,12H2,1-5H3/t13-,17+,19-,20+,21-,22+,23+,24-/m1/s1. The Morgan fingerprint density at radius 3 is 2.50 bits per heavy atom. The maximum Gasteiger partial charge on any atom is 0.303 e. The summed E-state index contributed by atoms with van der Waals surface area (Å²) in [5.41, 5.74) is -4.52. The van der Waals surface area contributed by atoms with E-state index >= 15 is 4.39 Å². The first-order valence-corrected chi connectivity index (χ1v) is 10.9. The monoisotopic (exact) mass is 418 g/mol. The van der Waals surface area contributed by atoms with Gasteiger partial charge in [-0.3, -0.25) is 14.4 Å². The van der Waals surface area contributed by atoms with E-state index in [2.05, 4.69) is 0 Å². The van der Waals surface area contributed by atoms with Gasteiger partial charge < -0.3 is 9.84 Å². The van der Waals surface area contributed by atoms with Crippen LogP contribution in [0.3, 0.4) is 0 Å². The summed E-state index contributed by atoms with van der Waals surface area (Å²) in [5, 5.41) is 11.3. The highest BCUT2D eigenvalue weighted by Crippen LogP contribution is 2.71. The van der Waals surface area contributed by atoms with Gasteiger partial charge in [0.05, 0.1) is 6.10 Å². The summed E-state index contributed by atoms with van der Waals surface area (Å²) in [5.74, 6) is -1.72. The van der Waals surface area contributed by atoms with Crippen molar-refractivity contribution >= 4 is 17.5 Å². The number of aliphatic hydroxyl groups excluding tert-OH is 1. The van der Waals surface area contributed by atoms with E-state index in [4.69, 9.17) is 4.74 Å². The average Bonchev–Trinajstić information content (AvgIpc) is 2.92. The maximum atomic E-state index is 17.1. The van der Waals surface area contributed by atoms with Crippen LogP contribution in [0.25, 0.3) is 0 Å². The van der Waals surface area contributed by atoms with Crippen LogP contribution >= 0.6 is 0 Å². The third kappa shape index (κ3) is 2.34. The predicted molar refractivity (Wildman–Crippen MR) is 108 cm³/mol. The molecule has 0 bridgehead atoms. The van der Waals surface area contributed by atoms with Crippen LogP contribution in [0.5, 0.6) is 0 Å². The molecule has 0 radical (unpaired) electrons. The van der Waals surface area contributed by atoms with E-state index in [0.29, 0.717) is 19.3 Å². The predicted octanol–water partition coefficient (Wildman–Crippen LogP) is 3.49. The average molecular weight is 419 g/mol. The Kier molecular flexibility index (Phi) is 4.53. The lowest BCUT2D eigenvalue weighted by molar-refractivity contribution is -0.226. The van der Waals surface area contributed by atoms with E-state index in [9.17, 15) is 19.5 Å². The van der Waals surface area contributed by atoms with Crippen molar-refractivity contribution < 1.29 is 28.6 Å². The van der Waals surface area contributed by atoms with Crippen molar-refractivity contribution in [2.24, 2.45) is 28.6 Å². The SMILES string of the molecule is CC(=O)O[C@]1(C(C)=O)CC[C@H]2[C@H]3C[C@@H](C)C4=CC(=O)C=C[C@@]4(C)[C@]3(F)[C@@H](O)C[C@@]21C. The van der Waals surface area contributed by atoms with Gasteiger partial charge in [-0.1, -0.05) is 25.5 Å². The van der Waals surface area contributed by atoms with Crippen molar-refractivity contribution in [2.75, 3.05) is 0 Å². The van der Waals surface area contributed by atoms with Crippen molar-refractivity contribution in [3.63, 3.8) is 0 Å². The molecule has 0 aromatic rings. The van der Waals surface area contributed by atoms with Gasteiger partial charge in [0.2, 0.25) is 0 Å². The first kappa shape index (κ1) is 21.4. The van der Waals surface area contributed by atoms with Crippen LogP contribution in [-0.2, 0) is 19.1 Å². The number of halogens is 1. The fraction of sp³-hybridized carbons (Fsp3) is 0.708. The Morgan fingerprint density at radius 1 is 1.23 bits per heavy atom. The van der Waals surface area contributed by atoms with Gasteiger partial charge in [0.1, 0.15) is 0 Å². The molecule has 0 spiro atoms. The van der Waals surface area contributed by atoms with Crippen molar-refractivity contribution in [2.45, 2.75) is 77.7 Å². The lowest BCUT2D eigenvalue weighted by atomic mass is 9.43. The molecule has 0 aliphatic heterocycles. The summed E-state index contributed by atoms with van der Waals surface area (Å²) >= 11 is 0. The summed E-state index contributed by atoms with van der Waals surface area (Å²) in [6, 6.07) is 0. The van der Waals surface area contributed by atoms with Crippen LogP contribution in [0.4, 0.5) is 4.39 Å². The molecule has 0 aromatic carbocycles. The molecule has 0 saturated heterocycles. The van der Waals surface area contributed by atoms with Crippen molar-refractivity contribution in [3.8, 4) is 0 Å². The third-order valence-corrected chi connectivity index (χ3v) is 8.98. The molecule has 0 amide bonds. The molecule has 0 aromatic heterocycles. The summed E-state index contributed by atoms with van der Waals surface area (Å²) in [6.07, 6.45) is 4.58. The van der Waals surface area contributed by atoms with Crippen LogP contribution in [-0.4, -0.2) is 40.0 Å². The van der Waals surface area contributed by atoms with Gasteiger partial charge in [0, 0.05) is 23.7 Å². The van der Waals surface area contributed by atoms with E-state index in [1.54, 1.807) is 13.0 Å². The second-order valence-electron chi connectivity index (χ2n) is 10.3. The van der Waals surface area contributed by atoms with Gasteiger partial charge in [-0.25, -0.2) is 4.39 Å². The number of alkyl halides is 1. The molecule has 3 fully saturated rings. The van der Waals surface area contributed by atoms with Crippen LogP contribution in [0.1, 0.15) is 60.3 Å². The molecule has 0 heterocycles. The van der Waals surface area contributed by atoms with E-state index in [1.807, 2.05) is 13.8 Å². The zero-order chi connectivity index (χ0) is 22.3. The number of carbonyl (C=O) groups excluding carboxylic acids is 3. The van der Waals surface area contributed by atoms with Gasteiger partial charge in [0.25, 0.3) is 0 Å². The summed E-state index contributed by atoms with van der Waals surface area (Å²) in [4.78, 5) is 36.7. The van der Waals surface area contributed by atoms with Crippen LogP contribution in [0.2, 0.25) is 0 Å². The number of fused-ring (bicyclic) bond motifs is 5. The van der Waals surface area contributed by atoms with Crippen molar-refractivity contribution in [1.29, 1.82) is 0 Å². The maximum absolute atomic E-state index is 17.1. The molecule has 164 valence electrons. The zero-order valence-electron chi connectivity index (χ0n) is 18.3. The Labute approximate surface area is 176 Å². The molecule has 4 aliphatic rings. The number of esters is 1. The first-order valence-electron chi connectivity index (χ1n) is 10.9. The highest BCUT2D eigenvalue weighted by Gasteiger charge is 2.75. The molecule has 6 heteroatoms. The normalized spacial score (nSPS) is 49.6. The van der Waals surface area contributed by atoms with Crippen LogP contribution in [0, 0.1) is 28.6 Å². The second-order valence-corrected chi connectivity index (χ2v) is 10.3. The number of hydrogen-bond donors (Lipinski definition) is 1. The van der Waals surface area contributed by atoms with E-state index in [1.165, 1.54) is 26.0 Å². The number of aliphatic hydroxyl groups is 1. The highest BCUT2D eigenvalue weighted by atomic mass is 19.1. The Hall–Kier alpha value is -1.82. The summed E-state index contributed by atoms with van der Waals surface area (Å²) in [6.45, 7) is 8.34. The van der Waals surface area contributed by atoms with Crippen molar-refractivity contribution in [3.05, 3.63) is 23.8 Å². The molecule has 0 unspecified atom stereocenters. The minimum Gasteiger partial charge on any atom is -0.451 e. The number of ketones is 2. The quantitative estimate of drug-likeness (QED) is 0.695. The fourth-order valence-electron chi connectivity index (χ4n) is 7.65. The Balaban J connectivity index is 1.86. The molecule has 4 rings (SSSR count). The molecule has 4 aliphatic carbocycles. The Bertz CT molecular complexity index is 892. The number of Topliss-reactive ketones (excluding diaryl/α,β-unsaturated/α-hetero) is 1. The molecule has 8 atom stereocenters. The highest BCUT2D eigenvalue weighted by molar-refractivity contribution is 6.01. The zero-order valence-corrected chi connectivity index (χ0v) is 18.3. The Morgan fingerprint density at radius 2 is 1.90 bits per heavy atom. The minimum absolute atomic E-state index is 0.0244. The molecule has 1 N–H and O–H groups in total. The smallest absolute Gasteiger partial charge is 0.303 e. The summed E-state index contributed by atoms with van der Waals surface area (Å²) in [7, 11) is 0. The lowest BCUT2D eigenvalue weighted by Gasteiger charge is -2.63. The minimum atomic E-state index is -1.96. The van der Waals surface area contributed by atoms with Gasteiger partial charge in [0.15, 0.2) is 22.8 Å². The fourth-order valence-corrected chi connectivity index (χ4v) is 7.65. The summed E-state index contributed by atoms with van der Waals surface area (Å²) < 4.78 is 22.8. The topological polar surface area (TPSA) is 80.7 Å². The van der Waals surface area contributed by atoms with Gasteiger partial charge in [-0.2, -0.15) is 0 Å². The number of ether oxygens (including phenoxy) is 1. The number of rotatable bonds is 2. The van der Waals surface area contributed by atoms with E-state index < -0.39 is 40.1 Å². The molecular formula is C24H31FO5. The van der Waals surface area contributed by atoms with E-state index in [0.717, 1.165) is 5.57 Å². The number of allylic oxidation sites excluding steroid dienone is 4. The van der Waals surface area contributed by atoms with Gasteiger partial charge in [-0.15, -0.1) is 0 Å². The molecular weight excluding hydrogens is 387 g/mol. The van der Waals surface area contributed by atoms with Gasteiger partial charge >= 0.3 is 5.97 Å². The first-order chi connectivity index (χ1) is 13.8. The molecule has 30 heavy (non-hydrogen) atoms. The second kappa shape index (κ2) is 6.35.